The summed E-state index contributed by atoms with van der Waals surface area (Å²) in [7, 11) is 0. The molecule has 2 aromatic carbocycles. The molecule has 0 unspecified atom stereocenters. The number of alkyl halides is 3. The molecule has 0 bridgehead atoms. The largest absolute Gasteiger partial charge is 0.416 e. The molecule has 0 aliphatic rings. The molecule has 0 spiro atoms. The molecule has 2 heterocycles. The topological polar surface area (TPSA) is 76.9 Å². The minimum Gasteiger partial charge on any atom is -0.325 e. The highest BCUT2D eigenvalue weighted by Crippen LogP contribution is 2.30. The van der Waals surface area contributed by atoms with Crippen LogP contribution in [0, 0.1) is 0 Å². The van der Waals surface area contributed by atoms with Gasteiger partial charge in [0.25, 0.3) is 5.56 Å². The number of carbonyl (C=O) groups excluding carboxylic acids is 1. The normalized spacial score (nSPS) is 11.5. The van der Waals surface area contributed by atoms with Crippen molar-refractivity contribution in [2.75, 3.05) is 11.1 Å². The van der Waals surface area contributed by atoms with Crippen molar-refractivity contribution in [3.63, 3.8) is 0 Å². The average Bonchev–Trinajstić information content (AvgIpc) is 2.78. The summed E-state index contributed by atoms with van der Waals surface area (Å²) in [6, 6.07) is 14.4. The quantitative estimate of drug-likeness (QED) is 0.353. The van der Waals surface area contributed by atoms with Crippen molar-refractivity contribution in [3.05, 3.63) is 89.0 Å². The van der Waals surface area contributed by atoms with Crippen LogP contribution in [0.5, 0.6) is 0 Å². The molecule has 0 saturated carbocycles. The lowest BCUT2D eigenvalue weighted by atomic mass is 10.2. The maximum Gasteiger partial charge on any atom is 0.416 e. The molecule has 1 N–H and O–H groups in total. The predicted octanol–water partition coefficient (Wildman–Crippen LogP) is 4.53. The van der Waals surface area contributed by atoms with Gasteiger partial charge in [-0.05, 0) is 48.5 Å². The summed E-state index contributed by atoms with van der Waals surface area (Å²) in [5.41, 5.74) is 0.129. The van der Waals surface area contributed by atoms with Gasteiger partial charge in [-0.15, -0.1) is 0 Å². The van der Waals surface area contributed by atoms with Gasteiger partial charge in [0, 0.05) is 11.9 Å². The Bertz CT molecular complexity index is 1320. The highest BCUT2D eigenvalue weighted by atomic mass is 32.2. The zero-order valence-electron chi connectivity index (χ0n) is 16.3. The molecule has 0 aliphatic carbocycles. The van der Waals surface area contributed by atoms with Gasteiger partial charge in [-0.2, -0.15) is 13.2 Å². The van der Waals surface area contributed by atoms with Gasteiger partial charge in [0.05, 0.1) is 34.1 Å². The summed E-state index contributed by atoms with van der Waals surface area (Å²) < 4.78 is 39.4. The number of fused-ring (bicyclic) bond motifs is 1. The third-order valence-corrected chi connectivity index (χ3v) is 5.42. The number of halogens is 3. The Morgan fingerprint density at radius 1 is 1.03 bits per heavy atom. The van der Waals surface area contributed by atoms with E-state index < -0.39 is 17.6 Å². The number of rotatable bonds is 5. The number of benzene rings is 2. The summed E-state index contributed by atoms with van der Waals surface area (Å²) >= 11 is 1.04. The van der Waals surface area contributed by atoms with E-state index in [1.54, 1.807) is 42.6 Å². The van der Waals surface area contributed by atoms with Crippen molar-refractivity contribution in [1.29, 1.82) is 0 Å². The van der Waals surface area contributed by atoms with Crippen molar-refractivity contribution >= 4 is 34.3 Å². The van der Waals surface area contributed by atoms with Gasteiger partial charge in [0.15, 0.2) is 5.16 Å². The van der Waals surface area contributed by atoms with Crippen LogP contribution in [-0.4, -0.2) is 26.2 Å². The van der Waals surface area contributed by atoms with E-state index in [1.807, 2.05) is 0 Å². The van der Waals surface area contributed by atoms with Crippen LogP contribution in [0.3, 0.4) is 0 Å². The SMILES string of the molecule is O=C(CSc1nc2ccccc2c(=O)n1-c1cccnc1)Nc1ccc(C(F)(F)F)cc1. The molecule has 4 aromatic rings. The first kappa shape index (κ1) is 21.6. The summed E-state index contributed by atoms with van der Waals surface area (Å²) in [6.45, 7) is 0. The molecular weight excluding hydrogens is 441 g/mol. The van der Waals surface area contributed by atoms with Gasteiger partial charge in [0.1, 0.15) is 0 Å². The van der Waals surface area contributed by atoms with E-state index in [0.29, 0.717) is 21.7 Å². The number of aromatic nitrogens is 3. The smallest absolute Gasteiger partial charge is 0.325 e. The van der Waals surface area contributed by atoms with E-state index in [-0.39, 0.29) is 17.0 Å². The predicted molar refractivity (Wildman–Crippen MR) is 116 cm³/mol. The van der Waals surface area contributed by atoms with E-state index in [1.165, 1.54) is 22.9 Å². The Balaban J connectivity index is 1.57. The number of nitrogens with one attached hydrogen (secondary N) is 1. The zero-order chi connectivity index (χ0) is 22.7. The fraction of sp³-hybridized carbons (Fsp3) is 0.0909. The van der Waals surface area contributed by atoms with Crippen molar-refractivity contribution in [3.8, 4) is 5.69 Å². The Kier molecular flexibility index (Phi) is 5.95. The highest BCUT2D eigenvalue weighted by Gasteiger charge is 2.30. The molecule has 4 rings (SSSR count). The minimum absolute atomic E-state index is 0.105. The number of pyridine rings is 1. The lowest BCUT2D eigenvalue weighted by molar-refractivity contribution is -0.137. The molecule has 32 heavy (non-hydrogen) atoms. The Hall–Kier alpha value is -3.66. The maximum absolute atomic E-state index is 13.1. The van der Waals surface area contributed by atoms with Crippen LogP contribution in [0.1, 0.15) is 5.56 Å². The fourth-order valence-electron chi connectivity index (χ4n) is 2.99. The van der Waals surface area contributed by atoms with Crippen molar-refractivity contribution < 1.29 is 18.0 Å². The number of hydrogen-bond donors (Lipinski definition) is 1. The molecule has 0 radical (unpaired) electrons. The first-order valence-electron chi connectivity index (χ1n) is 9.35. The van der Waals surface area contributed by atoms with E-state index in [2.05, 4.69) is 15.3 Å². The van der Waals surface area contributed by atoms with Crippen molar-refractivity contribution in [2.24, 2.45) is 0 Å². The molecule has 0 aliphatic heterocycles. The van der Waals surface area contributed by atoms with Gasteiger partial charge in [-0.25, -0.2) is 4.98 Å². The number of amides is 1. The summed E-state index contributed by atoms with van der Waals surface area (Å²) in [5, 5.41) is 3.27. The number of carbonyl (C=O) groups is 1. The van der Waals surface area contributed by atoms with Crippen LogP contribution in [0.15, 0.2) is 83.0 Å². The molecular formula is C22H15F3N4O2S. The fourth-order valence-corrected chi connectivity index (χ4v) is 3.81. The van der Waals surface area contributed by atoms with E-state index in [4.69, 9.17) is 0 Å². The third kappa shape index (κ3) is 4.65. The lowest BCUT2D eigenvalue weighted by Gasteiger charge is -2.13. The monoisotopic (exact) mass is 456 g/mol. The Morgan fingerprint density at radius 3 is 2.47 bits per heavy atom. The van der Waals surface area contributed by atoms with Gasteiger partial charge in [0.2, 0.25) is 5.91 Å². The molecule has 162 valence electrons. The van der Waals surface area contributed by atoms with Crippen molar-refractivity contribution in [1.82, 2.24) is 14.5 Å². The Labute approximate surface area is 184 Å². The second-order valence-electron chi connectivity index (χ2n) is 6.68. The minimum atomic E-state index is -4.45. The summed E-state index contributed by atoms with van der Waals surface area (Å²) in [4.78, 5) is 34.0. The van der Waals surface area contributed by atoms with Gasteiger partial charge in [-0.1, -0.05) is 23.9 Å². The number of hydrogen-bond acceptors (Lipinski definition) is 5. The van der Waals surface area contributed by atoms with Crippen LogP contribution in [-0.2, 0) is 11.0 Å². The van der Waals surface area contributed by atoms with E-state index in [9.17, 15) is 22.8 Å². The second-order valence-corrected chi connectivity index (χ2v) is 7.62. The first-order chi connectivity index (χ1) is 15.3. The second kappa shape index (κ2) is 8.83. The third-order valence-electron chi connectivity index (χ3n) is 4.48. The zero-order valence-corrected chi connectivity index (χ0v) is 17.2. The van der Waals surface area contributed by atoms with Crippen LogP contribution in [0.25, 0.3) is 16.6 Å². The molecule has 0 atom stereocenters. The molecule has 10 heteroatoms. The summed E-state index contributed by atoms with van der Waals surface area (Å²) in [5.74, 6) is -0.554. The van der Waals surface area contributed by atoms with Crippen LogP contribution < -0.4 is 10.9 Å². The first-order valence-corrected chi connectivity index (χ1v) is 10.3. The number of anilines is 1. The number of thioether (sulfide) groups is 1. The van der Waals surface area contributed by atoms with Gasteiger partial charge in [-0.3, -0.25) is 19.1 Å². The molecule has 6 nitrogen and oxygen atoms in total. The van der Waals surface area contributed by atoms with Gasteiger partial charge >= 0.3 is 6.18 Å². The number of nitrogens with zero attached hydrogens (tertiary/aromatic N) is 3. The number of para-hydroxylation sites is 1. The molecule has 2 aromatic heterocycles. The highest BCUT2D eigenvalue weighted by molar-refractivity contribution is 7.99. The molecule has 0 fully saturated rings. The van der Waals surface area contributed by atoms with Crippen LogP contribution in [0.2, 0.25) is 0 Å². The standard InChI is InChI=1S/C22H15F3N4O2S/c23-22(24,25)14-7-9-15(10-8-14)27-19(30)13-32-21-28-18-6-2-1-5-17(18)20(31)29(21)16-4-3-11-26-12-16/h1-12H,13H2,(H,27,30). The van der Waals surface area contributed by atoms with Crippen LogP contribution in [0.4, 0.5) is 18.9 Å². The maximum atomic E-state index is 13.1. The van der Waals surface area contributed by atoms with E-state index in [0.717, 1.165) is 23.9 Å². The average molecular weight is 456 g/mol. The Morgan fingerprint density at radius 2 is 1.78 bits per heavy atom. The molecule has 1 amide bonds. The van der Waals surface area contributed by atoms with Crippen LogP contribution >= 0.6 is 11.8 Å². The summed E-state index contributed by atoms with van der Waals surface area (Å²) in [6.07, 6.45) is -1.35. The van der Waals surface area contributed by atoms with E-state index >= 15 is 0 Å². The van der Waals surface area contributed by atoms with Gasteiger partial charge < -0.3 is 5.32 Å². The lowest BCUT2D eigenvalue weighted by Crippen LogP contribution is -2.23. The van der Waals surface area contributed by atoms with Crippen molar-refractivity contribution in [2.45, 2.75) is 11.3 Å². The molecule has 0 saturated heterocycles.